The fourth-order valence-corrected chi connectivity index (χ4v) is 4.58. The molecule has 2 N–H and O–H groups in total. The lowest BCUT2D eigenvalue weighted by atomic mass is 9.86. The molecule has 3 aromatic rings. The van der Waals surface area contributed by atoms with Gasteiger partial charge >= 0.3 is 5.97 Å². The van der Waals surface area contributed by atoms with Crippen LogP contribution in [0.2, 0.25) is 4.34 Å². The number of pyridine rings is 1. The van der Waals surface area contributed by atoms with Gasteiger partial charge in [0, 0.05) is 22.6 Å². The van der Waals surface area contributed by atoms with Gasteiger partial charge < -0.3 is 15.0 Å². The van der Waals surface area contributed by atoms with Gasteiger partial charge in [-0.05, 0) is 29.7 Å². The summed E-state index contributed by atoms with van der Waals surface area (Å²) in [7, 11) is 0. The van der Waals surface area contributed by atoms with Crippen LogP contribution in [0, 0.1) is 10.8 Å². The topological polar surface area (TPSA) is 106 Å². The number of rotatable bonds is 6. The van der Waals surface area contributed by atoms with Crippen LogP contribution in [0.4, 0.5) is 5.82 Å². The molecule has 0 fully saturated rings. The Kier molecular flexibility index (Phi) is 7.10. The first-order chi connectivity index (χ1) is 15.7. The van der Waals surface area contributed by atoms with E-state index in [0.717, 1.165) is 4.88 Å². The van der Waals surface area contributed by atoms with E-state index in [9.17, 15) is 19.5 Å². The largest absolute Gasteiger partial charge is 0.480 e. The third-order valence-electron chi connectivity index (χ3n) is 5.20. The molecule has 0 aliphatic rings. The third kappa shape index (κ3) is 5.42. The lowest BCUT2D eigenvalue weighted by molar-refractivity contribution is -0.144. The number of anilines is 1. The maximum Gasteiger partial charge on any atom is 0.327 e. The molecule has 0 saturated heterocycles. The van der Waals surface area contributed by atoms with Crippen LogP contribution in [0.25, 0.3) is 11.3 Å². The van der Waals surface area contributed by atoms with Crippen molar-refractivity contribution in [1.29, 1.82) is 0 Å². The highest BCUT2D eigenvalue weighted by atomic mass is 35.5. The highest BCUT2D eigenvalue weighted by molar-refractivity contribution is 7.16. The Labute approximate surface area is 207 Å². The molecule has 182 valence electrons. The summed E-state index contributed by atoms with van der Waals surface area (Å²) in [6, 6.07) is 7.45. The van der Waals surface area contributed by atoms with E-state index < -0.39 is 28.4 Å². The van der Waals surface area contributed by atoms with Gasteiger partial charge in [-0.2, -0.15) is 9.78 Å². The van der Waals surface area contributed by atoms with Crippen molar-refractivity contribution in [3.05, 3.63) is 56.1 Å². The Morgan fingerprint density at radius 2 is 1.85 bits per heavy atom. The predicted molar refractivity (Wildman–Crippen MR) is 135 cm³/mol. The zero-order chi connectivity index (χ0) is 25.4. The second kappa shape index (κ2) is 9.38. The molecule has 3 aromatic heterocycles. The molecular weight excluding hydrogens is 476 g/mol. The van der Waals surface area contributed by atoms with Gasteiger partial charge in [0.2, 0.25) is 0 Å². The summed E-state index contributed by atoms with van der Waals surface area (Å²) in [5, 5.41) is 17.5. The summed E-state index contributed by atoms with van der Waals surface area (Å²) in [6.45, 7) is 11.1. The van der Waals surface area contributed by atoms with Gasteiger partial charge in [-0.3, -0.25) is 9.59 Å². The molecule has 0 aliphatic heterocycles. The van der Waals surface area contributed by atoms with Crippen LogP contribution in [0.1, 0.15) is 57.3 Å². The van der Waals surface area contributed by atoms with Gasteiger partial charge in [0.15, 0.2) is 0 Å². The number of halogens is 1. The molecule has 3 rings (SSSR count). The number of carboxylic acid groups (broad SMARTS) is 1. The summed E-state index contributed by atoms with van der Waals surface area (Å²) in [5.41, 5.74) is -1.43. The number of nitrogens with one attached hydrogen (secondary N) is 1. The maximum atomic E-state index is 13.4. The van der Waals surface area contributed by atoms with Crippen molar-refractivity contribution >= 4 is 40.6 Å². The molecule has 0 spiro atoms. The van der Waals surface area contributed by atoms with Crippen molar-refractivity contribution in [3.8, 4) is 11.3 Å². The molecule has 0 saturated carbocycles. The van der Waals surface area contributed by atoms with Crippen molar-refractivity contribution in [2.24, 2.45) is 10.8 Å². The van der Waals surface area contributed by atoms with Crippen LogP contribution in [-0.2, 0) is 11.3 Å². The Morgan fingerprint density at radius 3 is 2.38 bits per heavy atom. The molecule has 8 nitrogen and oxygen atoms in total. The smallest absolute Gasteiger partial charge is 0.327 e. The molecule has 34 heavy (non-hydrogen) atoms. The normalized spacial score (nSPS) is 13.0. The SMILES string of the molecule is CC(C)(C)C(=O)n1nc(-c2cccn(C(C(=O)O)C(C)(C)C)c2=O)cc1NCc1ccc(Cl)s1. The number of hydrogen-bond donors (Lipinski definition) is 2. The number of carbonyl (C=O) groups excluding carboxylic acids is 1. The van der Waals surface area contributed by atoms with Crippen molar-refractivity contribution in [2.45, 2.75) is 54.1 Å². The van der Waals surface area contributed by atoms with Crippen molar-refractivity contribution in [2.75, 3.05) is 5.32 Å². The van der Waals surface area contributed by atoms with Crippen LogP contribution in [-0.4, -0.2) is 31.3 Å². The van der Waals surface area contributed by atoms with Gasteiger partial charge in [0.05, 0.1) is 16.4 Å². The van der Waals surface area contributed by atoms with Crippen molar-refractivity contribution in [1.82, 2.24) is 14.3 Å². The Hall–Kier alpha value is -2.91. The molecule has 3 heterocycles. The highest BCUT2D eigenvalue weighted by Crippen LogP contribution is 2.31. The zero-order valence-corrected chi connectivity index (χ0v) is 21.6. The van der Waals surface area contributed by atoms with Gasteiger partial charge in [0.25, 0.3) is 11.5 Å². The van der Waals surface area contributed by atoms with Gasteiger partial charge in [-0.15, -0.1) is 11.3 Å². The van der Waals surface area contributed by atoms with E-state index in [1.807, 2.05) is 6.07 Å². The Balaban J connectivity index is 2.09. The van der Waals surface area contributed by atoms with Crippen LogP contribution in [0.3, 0.4) is 0 Å². The highest BCUT2D eigenvalue weighted by Gasteiger charge is 2.34. The van der Waals surface area contributed by atoms with Crippen LogP contribution >= 0.6 is 22.9 Å². The zero-order valence-electron chi connectivity index (χ0n) is 20.0. The standard InChI is InChI=1S/C24H29ClN4O4S/c1-23(2,3)19(21(31)32)28-11-7-8-15(20(28)30)16-12-18(26-13-14-9-10-17(25)34-14)29(27-16)22(33)24(4,5)6/h7-12,19,26H,13H2,1-6H3,(H,31,32). The maximum absolute atomic E-state index is 13.4. The first-order valence-corrected chi connectivity index (χ1v) is 12.0. The molecule has 1 unspecified atom stereocenters. The monoisotopic (exact) mass is 504 g/mol. The predicted octanol–water partition coefficient (Wildman–Crippen LogP) is 5.40. The van der Waals surface area contributed by atoms with E-state index in [1.165, 1.54) is 26.8 Å². The average Bonchev–Trinajstić information content (AvgIpc) is 3.31. The molecule has 0 aromatic carbocycles. The number of hydrogen-bond acceptors (Lipinski definition) is 6. The molecule has 1 atom stereocenters. The van der Waals surface area contributed by atoms with E-state index >= 15 is 0 Å². The summed E-state index contributed by atoms with van der Waals surface area (Å²) in [4.78, 5) is 39.4. The molecular formula is C24H29ClN4O4S. The van der Waals surface area contributed by atoms with Crippen molar-refractivity contribution < 1.29 is 14.7 Å². The van der Waals surface area contributed by atoms with E-state index in [-0.39, 0.29) is 17.2 Å². The van der Waals surface area contributed by atoms with Gasteiger partial charge in [-0.25, -0.2) is 4.79 Å². The summed E-state index contributed by atoms with van der Waals surface area (Å²) in [5.74, 6) is -0.920. The van der Waals surface area contributed by atoms with Crippen molar-refractivity contribution in [3.63, 3.8) is 0 Å². The molecule has 0 radical (unpaired) electrons. The lowest BCUT2D eigenvalue weighted by Crippen LogP contribution is -2.38. The first-order valence-electron chi connectivity index (χ1n) is 10.8. The minimum Gasteiger partial charge on any atom is -0.480 e. The van der Waals surface area contributed by atoms with E-state index in [2.05, 4.69) is 10.4 Å². The van der Waals surface area contributed by atoms with Crippen LogP contribution < -0.4 is 10.9 Å². The summed E-state index contributed by atoms with van der Waals surface area (Å²) >= 11 is 7.44. The summed E-state index contributed by atoms with van der Waals surface area (Å²) in [6.07, 6.45) is 1.47. The Bertz CT molecular complexity index is 1280. The lowest BCUT2D eigenvalue weighted by Gasteiger charge is -2.28. The third-order valence-corrected chi connectivity index (χ3v) is 6.43. The molecule has 0 amide bonds. The number of carboxylic acids is 1. The van der Waals surface area contributed by atoms with Crippen LogP contribution in [0.15, 0.2) is 41.3 Å². The fraction of sp³-hybridized carbons (Fsp3) is 0.417. The minimum absolute atomic E-state index is 0.209. The van der Waals surface area contributed by atoms with Crippen LogP contribution in [0.5, 0.6) is 0 Å². The van der Waals surface area contributed by atoms with E-state index in [4.69, 9.17) is 11.6 Å². The fourth-order valence-electron chi connectivity index (χ4n) is 3.55. The molecule has 0 bridgehead atoms. The number of carbonyl (C=O) groups is 2. The quantitative estimate of drug-likeness (QED) is 0.465. The number of aromatic nitrogens is 3. The van der Waals surface area contributed by atoms with E-state index in [1.54, 1.807) is 65.8 Å². The Morgan fingerprint density at radius 1 is 1.18 bits per heavy atom. The minimum atomic E-state index is -1.10. The second-order valence-electron chi connectivity index (χ2n) is 10.2. The summed E-state index contributed by atoms with van der Waals surface area (Å²) < 4.78 is 3.14. The number of thiophene rings is 1. The number of aliphatic carboxylic acids is 1. The molecule has 0 aliphatic carbocycles. The van der Waals surface area contributed by atoms with Gasteiger partial charge in [-0.1, -0.05) is 53.1 Å². The molecule has 10 heteroatoms. The average molecular weight is 505 g/mol. The van der Waals surface area contributed by atoms with E-state index in [0.29, 0.717) is 16.7 Å². The number of nitrogens with zero attached hydrogens (tertiary/aromatic N) is 3. The first kappa shape index (κ1) is 25.7. The second-order valence-corrected chi connectivity index (χ2v) is 12.0. The van der Waals surface area contributed by atoms with Gasteiger partial charge in [0.1, 0.15) is 17.6 Å².